The van der Waals surface area contributed by atoms with Gasteiger partial charge in [0.2, 0.25) is 0 Å². The zero-order chi connectivity index (χ0) is 10.9. The van der Waals surface area contributed by atoms with E-state index in [9.17, 15) is 0 Å². The first-order chi connectivity index (χ1) is 7.36. The van der Waals surface area contributed by atoms with Crippen molar-refractivity contribution in [1.82, 2.24) is 5.43 Å². The Bertz CT molecular complexity index is 287. The quantitative estimate of drug-likeness (QED) is 0.422. The summed E-state index contributed by atoms with van der Waals surface area (Å²) in [6.07, 6.45) is 10.4. The fourth-order valence-corrected chi connectivity index (χ4v) is 2.30. The van der Waals surface area contributed by atoms with Crippen molar-refractivity contribution in [2.24, 2.45) is 5.84 Å². The van der Waals surface area contributed by atoms with E-state index in [1.54, 1.807) is 0 Å². The second-order valence-corrected chi connectivity index (χ2v) is 4.61. The maximum absolute atomic E-state index is 5.46. The van der Waals surface area contributed by atoms with Crippen LogP contribution in [0.5, 0.6) is 0 Å². The third-order valence-corrected chi connectivity index (χ3v) is 3.36. The van der Waals surface area contributed by atoms with E-state index >= 15 is 0 Å². The summed E-state index contributed by atoms with van der Waals surface area (Å²) in [5.41, 5.74) is 2.82. The fourth-order valence-electron chi connectivity index (χ4n) is 1.55. The van der Waals surface area contributed by atoms with Gasteiger partial charge in [-0.2, -0.15) is 0 Å². The SMILES string of the molecule is C#CCCC(CCCc1cccs1)NN. The van der Waals surface area contributed by atoms with Gasteiger partial charge < -0.3 is 0 Å². The molecule has 1 unspecified atom stereocenters. The van der Waals surface area contributed by atoms with E-state index < -0.39 is 0 Å². The molecule has 0 radical (unpaired) electrons. The molecule has 0 saturated carbocycles. The number of thiophene rings is 1. The molecule has 82 valence electrons. The van der Waals surface area contributed by atoms with Gasteiger partial charge in [0, 0.05) is 17.3 Å². The second-order valence-electron chi connectivity index (χ2n) is 3.58. The molecule has 0 aromatic carbocycles. The van der Waals surface area contributed by atoms with Crippen molar-refractivity contribution in [3.8, 4) is 12.3 Å². The molecular weight excluding hydrogens is 204 g/mol. The summed E-state index contributed by atoms with van der Waals surface area (Å²) in [7, 11) is 0. The molecule has 0 bridgehead atoms. The van der Waals surface area contributed by atoms with E-state index in [4.69, 9.17) is 12.3 Å². The maximum atomic E-state index is 5.46. The number of hydrogen-bond donors (Lipinski definition) is 2. The van der Waals surface area contributed by atoms with Crippen LogP contribution in [-0.4, -0.2) is 6.04 Å². The standard InChI is InChI=1S/C12H18N2S/c1-2-3-6-11(14-13)7-4-8-12-9-5-10-15-12/h1,5,9-11,14H,3-4,6-8,13H2. The van der Waals surface area contributed by atoms with Crippen LogP contribution < -0.4 is 11.3 Å². The smallest absolute Gasteiger partial charge is 0.0219 e. The minimum atomic E-state index is 0.362. The minimum Gasteiger partial charge on any atom is -0.271 e. The summed E-state index contributed by atoms with van der Waals surface area (Å²) in [5, 5.41) is 2.12. The largest absolute Gasteiger partial charge is 0.271 e. The molecule has 0 aliphatic heterocycles. The van der Waals surface area contributed by atoms with Crippen molar-refractivity contribution >= 4 is 11.3 Å². The van der Waals surface area contributed by atoms with Gasteiger partial charge in [-0.15, -0.1) is 23.7 Å². The van der Waals surface area contributed by atoms with Crippen LogP contribution in [0.3, 0.4) is 0 Å². The van der Waals surface area contributed by atoms with E-state index in [1.165, 1.54) is 11.3 Å². The van der Waals surface area contributed by atoms with Crippen LogP contribution >= 0.6 is 11.3 Å². The monoisotopic (exact) mass is 222 g/mol. The molecule has 0 aliphatic carbocycles. The number of nitrogens with two attached hydrogens (primary N) is 1. The average Bonchev–Trinajstić information content (AvgIpc) is 2.76. The highest BCUT2D eigenvalue weighted by Gasteiger charge is 2.05. The zero-order valence-electron chi connectivity index (χ0n) is 8.91. The van der Waals surface area contributed by atoms with Gasteiger partial charge in [-0.05, 0) is 37.1 Å². The molecule has 1 aromatic rings. The highest BCUT2D eigenvalue weighted by Crippen LogP contribution is 2.13. The Morgan fingerprint density at radius 3 is 3.00 bits per heavy atom. The minimum absolute atomic E-state index is 0.362. The van der Waals surface area contributed by atoms with Crippen molar-refractivity contribution in [3.05, 3.63) is 22.4 Å². The lowest BCUT2D eigenvalue weighted by Gasteiger charge is -2.13. The van der Waals surface area contributed by atoms with Crippen molar-refractivity contribution in [3.63, 3.8) is 0 Å². The van der Waals surface area contributed by atoms with Gasteiger partial charge in [0.15, 0.2) is 0 Å². The molecule has 1 atom stereocenters. The number of terminal acetylenes is 1. The molecule has 3 N–H and O–H groups in total. The molecule has 0 aliphatic rings. The van der Waals surface area contributed by atoms with Crippen LogP contribution in [0.15, 0.2) is 17.5 Å². The first-order valence-corrected chi connectivity index (χ1v) is 6.16. The molecule has 3 heteroatoms. The first-order valence-electron chi connectivity index (χ1n) is 5.28. The third kappa shape index (κ3) is 4.98. The van der Waals surface area contributed by atoms with Crippen LogP contribution in [0.25, 0.3) is 0 Å². The normalized spacial score (nSPS) is 12.3. The first kappa shape index (κ1) is 12.3. The van der Waals surface area contributed by atoms with E-state index in [2.05, 4.69) is 28.9 Å². The third-order valence-electron chi connectivity index (χ3n) is 2.43. The highest BCUT2D eigenvalue weighted by molar-refractivity contribution is 7.09. The van der Waals surface area contributed by atoms with E-state index in [-0.39, 0.29) is 0 Å². The number of aryl methyl sites for hydroxylation is 1. The predicted octanol–water partition coefficient (Wildman–Crippen LogP) is 2.32. The van der Waals surface area contributed by atoms with Crippen LogP contribution in [0, 0.1) is 12.3 Å². The van der Waals surface area contributed by atoms with Gasteiger partial charge in [0.1, 0.15) is 0 Å². The van der Waals surface area contributed by atoms with Crippen LogP contribution in [-0.2, 0) is 6.42 Å². The van der Waals surface area contributed by atoms with Gasteiger partial charge in [0.05, 0.1) is 0 Å². The van der Waals surface area contributed by atoms with Crippen molar-refractivity contribution in [2.75, 3.05) is 0 Å². The van der Waals surface area contributed by atoms with Crippen molar-refractivity contribution < 1.29 is 0 Å². The molecule has 1 aromatic heterocycles. The summed E-state index contributed by atoms with van der Waals surface area (Å²) in [5.74, 6) is 8.10. The Labute approximate surface area is 95.9 Å². The Morgan fingerprint density at radius 1 is 1.53 bits per heavy atom. The van der Waals surface area contributed by atoms with E-state index in [0.29, 0.717) is 6.04 Å². The lowest BCUT2D eigenvalue weighted by atomic mass is 10.1. The zero-order valence-corrected chi connectivity index (χ0v) is 9.72. The summed E-state index contributed by atoms with van der Waals surface area (Å²) in [4.78, 5) is 1.45. The highest BCUT2D eigenvalue weighted by atomic mass is 32.1. The average molecular weight is 222 g/mol. The second kappa shape index (κ2) is 7.47. The summed E-state index contributed by atoms with van der Waals surface area (Å²) >= 11 is 1.82. The van der Waals surface area contributed by atoms with Crippen molar-refractivity contribution in [2.45, 2.75) is 38.1 Å². The Morgan fingerprint density at radius 2 is 2.40 bits per heavy atom. The summed E-state index contributed by atoms with van der Waals surface area (Å²) in [6.45, 7) is 0. The van der Waals surface area contributed by atoms with Crippen molar-refractivity contribution in [1.29, 1.82) is 0 Å². The van der Waals surface area contributed by atoms with Crippen LogP contribution in [0.1, 0.15) is 30.6 Å². The topological polar surface area (TPSA) is 38.0 Å². The Kier molecular flexibility index (Phi) is 6.10. The van der Waals surface area contributed by atoms with Gasteiger partial charge in [-0.3, -0.25) is 11.3 Å². The lowest BCUT2D eigenvalue weighted by Crippen LogP contribution is -2.34. The van der Waals surface area contributed by atoms with E-state index in [0.717, 1.165) is 25.7 Å². The predicted molar refractivity (Wildman–Crippen MR) is 66.4 cm³/mol. The van der Waals surface area contributed by atoms with Gasteiger partial charge in [0.25, 0.3) is 0 Å². The maximum Gasteiger partial charge on any atom is 0.0219 e. The molecule has 0 saturated heterocycles. The molecule has 0 amide bonds. The van der Waals surface area contributed by atoms with E-state index in [1.807, 2.05) is 11.3 Å². The Hall–Kier alpha value is -0.820. The van der Waals surface area contributed by atoms with Crippen LogP contribution in [0.4, 0.5) is 0 Å². The van der Waals surface area contributed by atoms with Gasteiger partial charge in [-0.1, -0.05) is 6.07 Å². The van der Waals surface area contributed by atoms with Gasteiger partial charge >= 0.3 is 0 Å². The molecular formula is C12H18N2S. The summed E-state index contributed by atoms with van der Waals surface area (Å²) < 4.78 is 0. The molecule has 2 nitrogen and oxygen atoms in total. The molecule has 0 fully saturated rings. The molecule has 1 heterocycles. The van der Waals surface area contributed by atoms with Crippen LogP contribution in [0.2, 0.25) is 0 Å². The molecule has 1 rings (SSSR count). The fraction of sp³-hybridized carbons (Fsp3) is 0.500. The Balaban J connectivity index is 2.14. The molecule has 0 spiro atoms. The number of hydrazine groups is 1. The number of nitrogens with one attached hydrogen (secondary N) is 1. The number of rotatable bonds is 7. The summed E-state index contributed by atoms with van der Waals surface area (Å²) in [6, 6.07) is 4.63. The number of hydrogen-bond acceptors (Lipinski definition) is 3. The van der Waals surface area contributed by atoms with Gasteiger partial charge in [-0.25, -0.2) is 0 Å². The lowest BCUT2D eigenvalue weighted by molar-refractivity contribution is 0.457. The molecule has 15 heavy (non-hydrogen) atoms.